The Morgan fingerprint density at radius 3 is 2.12 bits per heavy atom. The molecular formula is C8H8Cl4NO2P. The zero-order chi connectivity index (χ0) is 12.4. The lowest BCUT2D eigenvalue weighted by molar-refractivity contribution is 0.415. The van der Waals surface area contributed by atoms with Gasteiger partial charge in [0.15, 0.2) is 0 Å². The number of nitrogens with one attached hydrogen (secondary N) is 1. The average molecular weight is 323 g/mol. The van der Waals surface area contributed by atoms with Crippen LogP contribution in [0.15, 0.2) is 24.3 Å². The van der Waals surface area contributed by atoms with E-state index in [2.05, 4.69) is 5.09 Å². The van der Waals surface area contributed by atoms with Crippen molar-refractivity contribution in [2.75, 3.05) is 12.2 Å². The fraction of sp³-hybridized carbons (Fsp3) is 0.250. The fourth-order valence-corrected chi connectivity index (χ4v) is 2.18. The van der Waals surface area contributed by atoms with E-state index in [0.717, 1.165) is 0 Å². The first-order chi connectivity index (χ1) is 7.26. The number of rotatable bonds is 3. The van der Waals surface area contributed by atoms with Crippen LogP contribution in [-0.2, 0) is 4.57 Å². The first-order valence-corrected chi connectivity index (χ1v) is 7.80. The van der Waals surface area contributed by atoms with Crippen LogP contribution in [0.1, 0.15) is 0 Å². The molecule has 1 rings (SSSR count). The van der Waals surface area contributed by atoms with Crippen LogP contribution in [0.2, 0.25) is 0 Å². The Kier molecular flexibility index (Phi) is 4.67. The van der Waals surface area contributed by atoms with Crippen LogP contribution in [0.25, 0.3) is 0 Å². The van der Waals surface area contributed by atoms with Crippen molar-refractivity contribution in [3.63, 3.8) is 0 Å². The van der Waals surface area contributed by atoms with Crippen molar-refractivity contribution < 1.29 is 9.30 Å². The highest BCUT2D eigenvalue weighted by Crippen LogP contribution is 2.68. The van der Waals surface area contributed by atoms with Gasteiger partial charge in [0, 0.05) is 5.69 Å². The third kappa shape index (κ3) is 3.61. The van der Waals surface area contributed by atoms with Gasteiger partial charge in [0.05, 0.1) is 7.11 Å². The molecule has 0 fully saturated rings. The summed E-state index contributed by atoms with van der Waals surface area (Å²) in [4.78, 5) is 0. The molecule has 3 nitrogen and oxygen atoms in total. The summed E-state index contributed by atoms with van der Waals surface area (Å²) in [5.41, 5.74) is 0.477. The maximum absolute atomic E-state index is 11.8. The molecule has 90 valence electrons. The Labute approximate surface area is 113 Å². The zero-order valence-electron chi connectivity index (χ0n) is 8.08. The average Bonchev–Trinajstić information content (AvgIpc) is 2.16. The molecule has 0 bridgehead atoms. The van der Waals surface area contributed by atoms with Gasteiger partial charge in [0.1, 0.15) is 5.75 Å². The Morgan fingerprint density at radius 2 is 1.75 bits per heavy atom. The van der Waals surface area contributed by atoms with Crippen molar-refractivity contribution >= 4 is 58.4 Å². The van der Waals surface area contributed by atoms with E-state index in [0.29, 0.717) is 11.4 Å². The van der Waals surface area contributed by atoms with E-state index in [1.165, 1.54) is 7.11 Å². The summed E-state index contributed by atoms with van der Waals surface area (Å²) in [5.74, 6) is 0.656. The van der Waals surface area contributed by atoms with Crippen LogP contribution in [0.3, 0.4) is 0 Å². The van der Waals surface area contributed by atoms with Crippen molar-refractivity contribution in [1.82, 2.24) is 0 Å². The number of halogens is 4. The molecule has 1 aromatic carbocycles. The minimum atomic E-state index is -3.64. The van der Waals surface area contributed by atoms with Gasteiger partial charge in [0.25, 0.3) is 3.53 Å². The molecule has 8 heteroatoms. The summed E-state index contributed by atoms with van der Waals surface area (Å²) in [6, 6.07) is 6.56. The Balaban J connectivity index is 2.85. The predicted molar refractivity (Wildman–Crippen MR) is 70.4 cm³/mol. The fourth-order valence-electron chi connectivity index (χ4n) is 0.895. The standard InChI is InChI=1S/C8H8Cl4NO2P/c1-15-7-4-2-6(3-5-7)13-16(12,14)8(9,10)11/h2-5H,1H3,(H,13,14)/t16-/m1/s1. The van der Waals surface area contributed by atoms with E-state index in [1.807, 2.05) is 0 Å². The summed E-state index contributed by atoms with van der Waals surface area (Å²) >= 11 is 22.1. The van der Waals surface area contributed by atoms with E-state index in [-0.39, 0.29) is 0 Å². The van der Waals surface area contributed by atoms with E-state index < -0.39 is 10.2 Å². The molecule has 0 aromatic heterocycles. The minimum absolute atomic E-state index is 0.477. The molecule has 0 saturated heterocycles. The van der Waals surface area contributed by atoms with Gasteiger partial charge >= 0.3 is 6.65 Å². The topological polar surface area (TPSA) is 38.3 Å². The second-order valence-corrected chi connectivity index (χ2v) is 9.30. The summed E-state index contributed by atoms with van der Waals surface area (Å²) in [6.45, 7) is -3.64. The zero-order valence-corrected chi connectivity index (χ0v) is 12.0. The maximum Gasteiger partial charge on any atom is 0.305 e. The molecule has 1 N–H and O–H groups in total. The highest BCUT2D eigenvalue weighted by Gasteiger charge is 2.43. The highest BCUT2D eigenvalue weighted by molar-refractivity contribution is 7.95. The Hall–Kier alpha value is 0.210. The number of hydrogen-bond acceptors (Lipinski definition) is 2. The van der Waals surface area contributed by atoms with E-state index >= 15 is 0 Å². The SMILES string of the molecule is COc1ccc(N[P@](=O)(Cl)C(Cl)(Cl)Cl)cc1. The minimum Gasteiger partial charge on any atom is -0.497 e. The summed E-state index contributed by atoms with van der Waals surface area (Å²) < 4.78 is 14.7. The largest absolute Gasteiger partial charge is 0.497 e. The third-order valence-electron chi connectivity index (χ3n) is 1.69. The van der Waals surface area contributed by atoms with Gasteiger partial charge in [-0.05, 0) is 35.5 Å². The molecule has 0 radical (unpaired) electrons. The molecule has 16 heavy (non-hydrogen) atoms. The Bertz CT molecular complexity index is 403. The molecule has 0 aliphatic heterocycles. The van der Waals surface area contributed by atoms with Gasteiger partial charge in [-0.15, -0.1) is 0 Å². The first-order valence-electron chi connectivity index (χ1n) is 4.05. The predicted octanol–water partition coefficient (Wildman–Crippen LogP) is 4.87. The van der Waals surface area contributed by atoms with Crippen LogP contribution < -0.4 is 9.82 Å². The summed E-state index contributed by atoms with van der Waals surface area (Å²) in [6.07, 6.45) is 0. The van der Waals surface area contributed by atoms with Crippen molar-refractivity contribution in [2.24, 2.45) is 0 Å². The molecule has 0 amide bonds. The lowest BCUT2D eigenvalue weighted by Crippen LogP contribution is -2.07. The third-order valence-corrected chi connectivity index (χ3v) is 6.82. The van der Waals surface area contributed by atoms with Crippen molar-refractivity contribution in [3.05, 3.63) is 24.3 Å². The molecule has 0 heterocycles. The maximum atomic E-state index is 11.8. The number of anilines is 1. The van der Waals surface area contributed by atoms with Crippen LogP contribution >= 0.6 is 52.7 Å². The van der Waals surface area contributed by atoms with E-state index in [4.69, 9.17) is 50.8 Å². The van der Waals surface area contributed by atoms with Crippen LogP contribution in [0, 0.1) is 0 Å². The van der Waals surface area contributed by atoms with Crippen molar-refractivity contribution in [1.29, 1.82) is 0 Å². The second-order valence-electron chi connectivity index (χ2n) is 2.84. The first kappa shape index (κ1) is 14.3. The van der Waals surface area contributed by atoms with Crippen molar-refractivity contribution in [2.45, 2.75) is 3.53 Å². The lowest BCUT2D eigenvalue weighted by atomic mass is 10.3. The summed E-state index contributed by atoms with van der Waals surface area (Å²) in [5, 5.41) is 2.48. The molecular weight excluding hydrogens is 315 g/mol. The van der Waals surface area contributed by atoms with Crippen molar-refractivity contribution in [3.8, 4) is 5.75 Å². The number of methoxy groups -OCH3 is 1. The monoisotopic (exact) mass is 321 g/mol. The van der Waals surface area contributed by atoms with Crippen LogP contribution in [0.5, 0.6) is 5.75 Å². The number of alkyl halides is 3. The molecule has 0 unspecified atom stereocenters. The molecule has 0 aliphatic carbocycles. The molecule has 0 spiro atoms. The second kappa shape index (κ2) is 5.24. The number of benzene rings is 1. The molecule has 0 saturated carbocycles. The van der Waals surface area contributed by atoms with Gasteiger partial charge in [-0.25, -0.2) is 0 Å². The summed E-state index contributed by atoms with van der Waals surface area (Å²) in [7, 11) is 1.54. The number of hydrogen-bond donors (Lipinski definition) is 1. The normalized spacial score (nSPS) is 15.3. The van der Waals surface area contributed by atoms with Gasteiger partial charge in [-0.1, -0.05) is 34.8 Å². The lowest BCUT2D eigenvalue weighted by Gasteiger charge is -2.20. The molecule has 0 aliphatic rings. The highest BCUT2D eigenvalue weighted by atomic mass is 35.7. The van der Waals surface area contributed by atoms with E-state index in [1.54, 1.807) is 24.3 Å². The number of ether oxygens (including phenoxy) is 1. The van der Waals surface area contributed by atoms with Crippen LogP contribution in [0.4, 0.5) is 5.69 Å². The van der Waals surface area contributed by atoms with Gasteiger partial charge < -0.3 is 9.82 Å². The van der Waals surface area contributed by atoms with E-state index in [9.17, 15) is 4.57 Å². The Morgan fingerprint density at radius 1 is 1.25 bits per heavy atom. The van der Waals surface area contributed by atoms with Gasteiger partial charge in [-0.2, -0.15) is 0 Å². The van der Waals surface area contributed by atoms with Crippen LogP contribution in [-0.4, -0.2) is 10.6 Å². The quantitative estimate of drug-likeness (QED) is 0.637. The smallest absolute Gasteiger partial charge is 0.305 e. The van der Waals surface area contributed by atoms with Gasteiger partial charge in [0.2, 0.25) is 0 Å². The molecule has 1 aromatic rings. The van der Waals surface area contributed by atoms with Gasteiger partial charge in [-0.3, -0.25) is 4.57 Å². The molecule has 1 atom stereocenters.